The van der Waals surface area contributed by atoms with E-state index in [1.54, 1.807) is 0 Å². The van der Waals surface area contributed by atoms with Gasteiger partial charge in [0.1, 0.15) is 0 Å². The molecule has 0 spiro atoms. The van der Waals surface area contributed by atoms with Gasteiger partial charge in [0.25, 0.3) is 0 Å². The maximum atomic E-state index is 6.00. The van der Waals surface area contributed by atoms with Crippen molar-refractivity contribution in [3.8, 4) is 0 Å². The highest BCUT2D eigenvalue weighted by Crippen LogP contribution is 2.19. The quantitative estimate of drug-likeness (QED) is 0.887. The summed E-state index contributed by atoms with van der Waals surface area (Å²) in [5, 5.41) is 4.11. The molecule has 0 saturated carbocycles. The minimum Gasteiger partial charge on any atom is -0.319 e. The van der Waals surface area contributed by atoms with Crippen molar-refractivity contribution < 1.29 is 0 Å². The highest BCUT2D eigenvalue weighted by molar-refractivity contribution is 6.30. The van der Waals surface area contributed by atoms with E-state index in [-0.39, 0.29) is 0 Å². The van der Waals surface area contributed by atoms with Crippen LogP contribution in [-0.4, -0.2) is 31.6 Å². The summed E-state index contributed by atoms with van der Waals surface area (Å²) >= 11 is 6.00. The zero-order valence-corrected chi connectivity index (χ0v) is 11.2. The number of nitrogens with one attached hydrogen (secondary N) is 1. The third-order valence-electron chi connectivity index (χ3n) is 3.50. The molecular formula is C14H21ClN2. The second-order valence-electron chi connectivity index (χ2n) is 4.91. The van der Waals surface area contributed by atoms with Crippen LogP contribution in [0.1, 0.15) is 18.4 Å². The van der Waals surface area contributed by atoms with Crippen molar-refractivity contribution in [2.75, 3.05) is 26.7 Å². The van der Waals surface area contributed by atoms with Crippen molar-refractivity contribution in [3.63, 3.8) is 0 Å². The highest BCUT2D eigenvalue weighted by atomic mass is 35.5. The standard InChI is InChI=1S/C14H21ClN2/c1-16-10-12-5-7-17(8-6-12)11-13-3-2-4-14(15)9-13/h2-4,9,12,16H,5-8,10-11H2,1H3. The maximum Gasteiger partial charge on any atom is 0.0409 e. The molecule has 1 saturated heterocycles. The first-order chi connectivity index (χ1) is 8.28. The van der Waals surface area contributed by atoms with E-state index in [1.807, 2.05) is 19.2 Å². The van der Waals surface area contributed by atoms with Gasteiger partial charge in [0.15, 0.2) is 0 Å². The van der Waals surface area contributed by atoms with Crippen LogP contribution in [0.4, 0.5) is 0 Å². The number of nitrogens with zero attached hydrogens (tertiary/aromatic N) is 1. The predicted octanol–water partition coefficient (Wildman–Crippen LogP) is 2.77. The molecule has 0 radical (unpaired) electrons. The lowest BCUT2D eigenvalue weighted by Gasteiger charge is -2.31. The van der Waals surface area contributed by atoms with Gasteiger partial charge in [-0.25, -0.2) is 0 Å². The summed E-state index contributed by atoms with van der Waals surface area (Å²) in [6, 6.07) is 8.20. The van der Waals surface area contributed by atoms with Gasteiger partial charge < -0.3 is 5.32 Å². The normalized spacial score (nSPS) is 18.5. The Morgan fingerprint density at radius 2 is 2.12 bits per heavy atom. The second kappa shape index (κ2) is 6.39. The van der Waals surface area contributed by atoms with Crippen molar-refractivity contribution in [2.45, 2.75) is 19.4 Å². The van der Waals surface area contributed by atoms with Gasteiger partial charge in [0.05, 0.1) is 0 Å². The van der Waals surface area contributed by atoms with Crippen LogP contribution in [-0.2, 0) is 6.54 Å². The summed E-state index contributed by atoms with van der Waals surface area (Å²) in [4.78, 5) is 2.53. The van der Waals surface area contributed by atoms with Crippen LogP contribution in [0.25, 0.3) is 0 Å². The van der Waals surface area contributed by atoms with Crippen LogP contribution in [0, 0.1) is 5.92 Å². The summed E-state index contributed by atoms with van der Waals surface area (Å²) in [5.74, 6) is 0.857. The SMILES string of the molecule is CNCC1CCN(Cc2cccc(Cl)c2)CC1. The maximum absolute atomic E-state index is 6.00. The van der Waals surface area contributed by atoms with Crippen LogP contribution in [0.15, 0.2) is 24.3 Å². The predicted molar refractivity (Wildman–Crippen MR) is 73.4 cm³/mol. The summed E-state index contributed by atoms with van der Waals surface area (Å²) in [6.07, 6.45) is 2.61. The van der Waals surface area contributed by atoms with Crippen molar-refractivity contribution in [1.82, 2.24) is 10.2 Å². The number of likely N-dealkylation sites (tertiary alicyclic amines) is 1. The van der Waals surface area contributed by atoms with E-state index in [4.69, 9.17) is 11.6 Å². The zero-order valence-electron chi connectivity index (χ0n) is 10.5. The van der Waals surface area contributed by atoms with Gasteiger partial charge in [0, 0.05) is 11.6 Å². The fourth-order valence-corrected chi connectivity index (χ4v) is 2.74. The van der Waals surface area contributed by atoms with Crippen LogP contribution in [0.3, 0.4) is 0 Å². The lowest BCUT2D eigenvalue weighted by Crippen LogP contribution is -2.36. The van der Waals surface area contributed by atoms with Crippen molar-refractivity contribution >= 4 is 11.6 Å². The summed E-state index contributed by atoms with van der Waals surface area (Å²) in [5.41, 5.74) is 1.32. The van der Waals surface area contributed by atoms with E-state index < -0.39 is 0 Å². The van der Waals surface area contributed by atoms with Gasteiger partial charge >= 0.3 is 0 Å². The largest absolute Gasteiger partial charge is 0.319 e. The van der Waals surface area contributed by atoms with Gasteiger partial charge in [-0.3, -0.25) is 4.90 Å². The average molecular weight is 253 g/mol. The van der Waals surface area contributed by atoms with E-state index in [0.29, 0.717) is 0 Å². The molecule has 1 fully saturated rings. The van der Waals surface area contributed by atoms with Crippen LogP contribution >= 0.6 is 11.6 Å². The molecule has 0 bridgehead atoms. The molecule has 0 aliphatic carbocycles. The molecule has 17 heavy (non-hydrogen) atoms. The van der Waals surface area contributed by atoms with Gasteiger partial charge in [-0.2, -0.15) is 0 Å². The summed E-state index contributed by atoms with van der Waals surface area (Å²) < 4.78 is 0. The Balaban J connectivity index is 1.82. The average Bonchev–Trinajstić information content (AvgIpc) is 2.32. The van der Waals surface area contributed by atoms with Gasteiger partial charge in [-0.15, -0.1) is 0 Å². The van der Waals surface area contributed by atoms with E-state index in [9.17, 15) is 0 Å². The molecule has 94 valence electrons. The molecule has 0 atom stereocenters. The molecule has 0 amide bonds. The van der Waals surface area contributed by atoms with Crippen LogP contribution in [0.2, 0.25) is 5.02 Å². The van der Waals surface area contributed by atoms with Gasteiger partial charge in [-0.1, -0.05) is 23.7 Å². The second-order valence-corrected chi connectivity index (χ2v) is 5.34. The number of halogens is 1. The molecule has 2 nitrogen and oxygen atoms in total. The van der Waals surface area contributed by atoms with E-state index in [0.717, 1.165) is 24.0 Å². The Bertz CT molecular complexity index is 346. The lowest BCUT2D eigenvalue weighted by molar-refractivity contribution is 0.177. The number of hydrogen-bond donors (Lipinski definition) is 1. The van der Waals surface area contributed by atoms with Crippen molar-refractivity contribution in [3.05, 3.63) is 34.9 Å². The molecule has 1 N–H and O–H groups in total. The molecule has 1 aliphatic heterocycles. The Labute approximate surface area is 109 Å². The molecule has 0 unspecified atom stereocenters. The first-order valence-corrected chi connectivity index (χ1v) is 6.77. The molecule has 1 aliphatic rings. The van der Waals surface area contributed by atoms with Gasteiger partial charge in [-0.05, 0) is 63.1 Å². The molecule has 1 heterocycles. The Morgan fingerprint density at radius 1 is 1.35 bits per heavy atom. The summed E-state index contributed by atoms with van der Waals surface area (Å²) in [6.45, 7) is 4.61. The molecule has 1 aromatic carbocycles. The van der Waals surface area contributed by atoms with Crippen molar-refractivity contribution in [2.24, 2.45) is 5.92 Å². The fraction of sp³-hybridized carbons (Fsp3) is 0.571. The van der Waals surface area contributed by atoms with E-state index in [1.165, 1.54) is 31.5 Å². The smallest absolute Gasteiger partial charge is 0.0409 e. The third-order valence-corrected chi connectivity index (χ3v) is 3.73. The lowest BCUT2D eigenvalue weighted by atomic mass is 9.96. The minimum absolute atomic E-state index is 0.840. The first kappa shape index (κ1) is 12.9. The van der Waals surface area contributed by atoms with Gasteiger partial charge in [0.2, 0.25) is 0 Å². The molecule has 0 aromatic heterocycles. The molecular weight excluding hydrogens is 232 g/mol. The Kier molecular flexibility index (Phi) is 4.84. The first-order valence-electron chi connectivity index (χ1n) is 6.39. The molecule has 2 rings (SSSR count). The fourth-order valence-electron chi connectivity index (χ4n) is 2.53. The third kappa shape index (κ3) is 3.98. The van der Waals surface area contributed by atoms with E-state index >= 15 is 0 Å². The van der Waals surface area contributed by atoms with Crippen LogP contribution in [0.5, 0.6) is 0 Å². The number of piperidine rings is 1. The topological polar surface area (TPSA) is 15.3 Å². The van der Waals surface area contributed by atoms with Crippen LogP contribution < -0.4 is 5.32 Å². The monoisotopic (exact) mass is 252 g/mol. The summed E-state index contributed by atoms with van der Waals surface area (Å²) in [7, 11) is 2.04. The number of hydrogen-bond acceptors (Lipinski definition) is 2. The Morgan fingerprint density at radius 3 is 2.76 bits per heavy atom. The molecule has 1 aromatic rings. The Hall–Kier alpha value is -0.570. The molecule has 3 heteroatoms. The van der Waals surface area contributed by atoms with Crippen molar-refractivity contribution in [1.29, 1.82) is 0 Å². The van der Waals surface area contributed by atoms with E-state index in [2.05, 4.69) is 22.3 Å². The number of rotatable bonds is 4. The zero-order chi connectivity index (χ0) is 12.1. The minimum atomic E-state index is 0.840. The number of benzene rings is 1. The highest BCUT2D eigenvalue weighted by Gasteiger charge is 2.18.